The normalized spacial score (nSPS) is 10.3. The van der Waals surface area contributed by atoms with E-state index in [9.17, 15) is 9.59 Å². The Bertz CT molecular complexity index is 724. The first-order valence-corrected chi connectivity index (χ1v) is 8.42. The summed E-state index contributed by atoms with van der Waals surface area (Å²) in [6, 6.07) is 14.2. The largest absolute Gasteiger partial charge is 0.491 e. The third-order valence-corrected chi connectivity index (χ3v) is 3.58. The second kappa shape index (κ2) is 9.46. The van der Waals surface area contributed by atoms with Gasteiger partial charge >= 0.3 is 12.0 Å². The number of esters is 1. The van der Waals surface area contributed by atoms with Gasteiger partial charge in [-0.3, -0.25) is 0 Å². The fourth-order valence-electron chi connectivity index (χ4n) is 2.26. The van der Waals surface area contributed by atoms with Gasteiger partial charge in [0.25, 0.3) is 0 Å². The average Bonchev–Trinajstić information content (AvgIpc) is 2.65. The van der Waals surface area contributed by atoms with Gasteiger partial charge in [-0.25, -0.2) is 9.59 Å². The van der Waals surface area contributed by atoms with E-state index >= 15 is 0 Å². The van der Waals surface area contributed by atoms with Gasteiger partial charge in [0.1, 0.15) is 5.75 Å². The molecule has 0 heterocycles. The van der Waals surface area contributed by atoms with Crippen molar-refractivity contribution in [2.24, 2.45) is 0 Å². The van der Waals surface area contributed by atoms with Gasteiger partial charge in [0.05, 0.1) is 18.8 Å². The van der Waals surface area contributed by atoms with Gasteiger partial charge in [-0.05, 0) is 49.2 Å². The van der Waals surface area contributed by atoms with Gasteiger partial charge in [-0.15, -0.1) is 0 Å². The predicted octanol–water partition coefficient (Wildman–Crippen LogP) is 3.26. The maximum Gasteiger partial charge on any atom is 0.337 e. The molecule has 2 aromatic rings. The zero-order valence-electron chi connectivity index (χ0n) is 15.2. The lowest BCUT2D eigenvalue weighted by atomic mass is 10.1. The van der Waals surface area contributed by atoms with Gasteiger partial charge in [-0.2, -0.15) is 0 Å². The Balaban J connectivity index is 1.75. The third-order valence-electron chi connectivity index (χ3n) is 3.58. The molecule has 0 spiro atoms. The second-order valence-corrected chi connectivity index (χ2v) is 6.04. The van der Waals surface area contributed by atoms with Gasteiger partial charge in [0.2, 0.25) is 0 Å². The Morgan fingerprint density at radius 3 is 1.85 bits per heavy atom. The van der Waals surface area contributed by atoms with Crippen LogP contribution in [0.4, 0.5) is 4.79 Å². The number of benzene rings is 2. The highest BCUT2D eigenvalue weighted by molar-refractivity contribution is 5.89. The molecule has 2 N–H and O–H groups in total. The van der Waals surface area contributed by atoms with Crippen LogP contribution in [0.5, 0.6) is 5.75 Å². The van der Waals surface area contributed by atoms with Crippen molar-refractivity contribution in [3.05, 3.63) is 65.2 Å². The minimum Gasteiger partial charge on any atom is -0.491 e. The smallest absolute Gasteiger partial charge is 0.337 e. The van der Waals surface area contributed by atoms with Gasteiger partial charge in [-0.1, -0.05) is 24.3 Å². The number of hydrogen-bond donors (Lipinski definition) is 2. The molecule has 0 unspecified atom stereocenters. The maximum absolute atomic E-state index is 11.9. The topological polar surface area (TPSA) is 76.7 Å². The highest BCUT2D eigenvalue weighted by atomic mass is 16.5. The van der Waals surface area contributed by atoms with Crippen molar-refractivity contribution in [1.82, 2.24) is 10.6 Å². The highest BCUT2D eigenvalue weighted by Crippen LogP contribution is 2.13. The van der Waals surface area contributed by atoms with Crippen LogP contribution in [0.25, 0.3) is 0 Å². The average molecular weight is 356 g/mol. The lowest BCUT2D eigenvalue weighted by molar-refractivity contribution is 0.0600. The van der Waals surface area contributed by atoms with Crippen LogP contribution in [0.15, 0.2) is 48.5 Å². The van der Waals surface area contributed by atoms with E-state index in [2.05, 4.69) is 15.4 Å². The fraction of sp³-hybridized carbons (Fsp3) is 0.300. The molecular weight excluding hydrogens is 332 g/mol. The fourth-order valence-corrected chi connectivity index (χ4v) is 2.26. The zero-order chi connectivity index (χ0) is 18.9. The molecular formula is C20H24N2O4. The van der Waals surface area contributed by atoms with Crippen LogP contribution < -0.4 is 15.4 Å². The molecule has 0 aliphatic carbocycles. The lowest BCUT2D eigenvalue weighted by Gasteiger charge is -2.11. The monoisotopic (exact) mass is 356 g/mol. The summed E-state index contributed by atoms with van der Waals surface area (Å²) in [6.07, 6.45) is 0.131. The first kappa shape index (κ1) is 19.3. The van der Waals surface area contributed by atoms with E-state index in [1.165, 1.54) is 7.11 Å². The van der Waals surface area contributed by atoms with Crippen LogP contribution in [0.1, 0.15) is 35.3 Å². The van der Waals surface area contributed by atoms with Crippen molar-refractivity contribution in [1.29, 1.82) is 0 Å². The number of carbonyl (C=O) groups excluding carboxylic acids is 2. The first-order valence-electron chi connectivity index (χ1n) is 8.42. The number of amides is 2. The first-order chi connectivity index (χ1) is 12.5. The van der Waals surface area contributed by atoms with Crippen molar-refractivity contribution >= 4 is 12.0 Å². The van der Waals surface area contributed by atoms with Gasteiger partial charge < -0.3 is 20.1 Å². The molecule has 0 saturated heterocycles. The van der Waals surface area contributed by atoms with Crippen molar-refractivity contribution in [2.75, 3.05) is 7.11 Å². The number of urea groups is 1. The van der Waals surface area contributed by atoms with Crippen LogP contribution in [0.3, 0.4) is 0 Å². The molecule has 0 aliphatic heterocycles. The van der Waals surface area contributed by atoms with Crippen LogP contribution >= 0.6 is 0 Å². The summed E-state index contributed by atoms with van der Waals surface area (Å²) < 4.78 is 10.2. The Hall–Kier alpha value is -3.02. The molecule has 2 amide bonds. The summed E-state index contributed by atoms with van der Waals surface area (Å²) in [7, 11) is 1.34. The molecule has 0 aliphatic rings. The summed E-state index contributed by atoms with van der Waals surface area (Å²) in [5, 5.41) is 5.58. The highest BCUT2D eigenvalue weighted by Gasteiger charge is 2.05. The summed E-state index contributed by atoms with van der Waals surface area (Å²) in [5.74, 6) is 0.427. The molecule has 0 radical (unpaired) electrons. The predicted molar refractivity (Wildman–Crippen MR) is 99.1 cm³/mol. The number of nitrogens with one attached hydrogen (secondary N) is 2. The summed E-state index contributed by atoms with van der Waals surface area (Å²) >= 11 is 0. The third kappa shape index (κ3) is 6.12. The number of carbonyl (C=O) groups is 2. The quantitative estimate of drug-likeness (QED) is 0.747. The molecule has 2 rings (SSSR count). The van der Waals surface area contributed by atoms with Crippen LogP contribution in [-0.2, 0) is 17.8 Å². The van der Waals surface area contributed by atoms with E-state index in [-0.39, 0.29) is 18.1 Å². The minimum absolute atomic E-state index is 0.131. The summed E-state index contributed by atoms with van der Waals surface area (Å²) in [6.45, 7) is 4.75. The molecule has 0 saturated carbocycles. The molecule has 138 valence electrons. The van der Waals surface area contributed by atoms with Crippen molar-refractivity contribution in [3.8, 4) is 5.75 Å². The van der Waals surface area contributed by atoms with Crippen LogP contribution in [0.2, 0.25) is 0 Å². The van der Waals surface area contributed by atoms with E-state index < -0.39 is 0 Å². The van der Waals surface area contributed by atoms with E-state index in [1.54, 1.807) is 24.3 Å². The molecule has 0 fully saturated rings. The number of rotatable bonds is 7. The van der Waals surface area contributed by atoms with E-state index in [4.69, 9.17) is 4.74 Å². The van der Waals surface area contributed by atoms with Gasteiger partial charge in [0, 0.05) is 13.1 Å². The lowest BCUT2D eigenvalue weighted by Crippen LogP contribution is -2.34. The Morgan fingerprint density at radius 1 is 0.885 bits per heavy atom. The van der Waals surface area contributed by atoms with Crippen molar-refractivity contribution in [2.45, 2.75) is 33.0 Å². The van der Waals surface area contributed by atoms with E-state index in [0.29, 0.717) is 18.7 Å². The van der Waals surface area contributed by atoms with E-state index in [1.807, 2.05) is 38.1 Å². The molecule has 0 aromatic heterocycles. The number of methoxy groups -OCH3 is 1. The number of ether oxygens (including phenoxy) is 2. The number of hydrogen-bond acceptors (Lipinski definition) is 4. The van der Waals surface area contributed by atoms with Crippen LogP contribution in [0, 0.1) is 0 Å². The zero-order valence-corrected chi connectivity index (χ0v) is 15.2. The van der Waals surface area contributed by atoms with Crippen molar-refractivity contribution in [3.63, 3.8) is 0 Å². The molecule has 6 nitrogen and oxygen atoms in total. The minimum atomic E-state index is -0.382. The summed E-state index contributed by atoms with van der Waals surface area (Å²) in [5.41, 5.74) is 2.35. The molecule has 0 atom stereocenters. The van der Waals surface area contributed by atoms with Gasteiger partial charge in [0.15, 0.2) is 0 Å². The SMILES string of the molecule is COC(=O)c1ccc(CNC(=O)NCc2ccc(OC(C)C)cc2)cc1. The standard InChI is InChI=1S/C20H24N2O4/c1-14(2)26-18-10-6-16(7-11-18)13-22-20(24)21-12-15-4-8-17(9-5-15)19(23)25-3/h4-11,14H,12-13H2,1-3H3,(H2,21,22,24). The van der Waals surface area contributed by atoms with E-state index in [0.717, 1.165) is 16.9 Å². The molecule has 26 heavy (non-hydrogen) atoms. The van der Waals surface area contributed by atoms with Crippen molar-refractivity contribution < 1.29 is 19.1 Å². The molecule has 6 heteroatoms. The van der Waals surface area contributed by atoms with Crippen LogP contribution in [-0.4, -0.2) is 25.2 Å². The second-order valence-electron chi connectivity index (χ2n) is 6.04. The Labute approximate surface area is 153 Å². The maximum atomic E-state index is 11.9. The Morgan fingerprint density at radius 2 is 1.38 bits per heavy atom. The molecule has 2 aromatic carbocycles. The molecule has 0 bridgehead atoms. The summed E-state index contributed by atoms with van der Waals surface area (Å²) in [4.78, 5) is 23.3. The Kier molecular flexibility index (Phi) is 7.02.